The number of anilines is 2. The minimum Gasteiger partial charge on any atom is -0.491 e. The van der Waals surface area contributed by atoms with E-state index in [4.69, 9.17) is 28.6 Å². The van der Waals surface area contributed by atoms with Gasteiger partial charge >= 0.3 is 12.1 Å². The van der Waals surface area contributed by atoms with E-state index in [9.17, 15) is 37.0 Å². The van der Waals surface area contributed by atoms with Gasteiger partial charge in [-0.05, 0) is 50.1 Å². The molecule has 0 unspecified atom stereocenters. The number of aliphatic carboxylic acids is 1. The molecule has 3 aromatic rings. The van der Waals surface area contributed by atoms with Gasteiger partial charge in [0.25, 0.3) is 0 Å². The maximum atomic E-state index is 14.3. The van der Waals surface area contributed by atoms with Crippen molar-refractivity contribution >= 4 is 46.2 Å². The molecule has 0 amide bonds. The van der Waals surface area contributed by atoms with E-state index in [1.54, 1.807) is 21.6 Å². The SMILES string of the molecule is CC(C)n1c(CCOc2cc(F)cc(F)c2Cl)ccc1C(=S)Nc1cc(CC(=O)O)c(N2CC[C@@H](O)C2)cc1C(F)(F)F. The van der Waals surface area contributed by atoms with Crippen molar-refractivity contribution in [2.45, 2.75) is 51.4 Å². The monoisotopic (exact) mass is 645 g/mol. The third kappa shape index (κ3) is 7.57. The molecule has 3 N–H and O–H groups in total. The van der Waals surface area contributed by atoms with Gasteiger partial charge in [0.15, 0.2) is 0 Å². The second kappa shape index (κ2) is 13.1. The summed E-state index contributed by atoms with van der Waals surface area (Å²) >= 11 is 11.4. The van der Waals surface area contributed by atoms with Crippen LogP contribution in [0.15, 0.2) is 36.4 Å². The second-order valence-electron chi connectivity index (χ2n) is 10.4. The molecule has 0 aliphatic carbocycles. The van der Waals surface area contributed by atoms with Crippen LogP contribution in [0, 0.1) is 11.6 Å². The summed E-state index contributed by atoms with van der Waals surface area (Å²) in [5.74, 6) is -3.20. The first-order valence-electron chi connectivity index (χ1n) is 13.3. The number of alkyl halides is 3. The van der Waals surface area contributed by atoms with E-state index in [0.29, 0.717) is 23.9 Å². The smallest absolute Gasteiger partial charge is 0.418 e. The van der Waals surface area contributed by atoms with Crippen molar-refractivity contribution in [2.75, 3.05) is 29.9 Å². The number of β-amino-alcohol motifs (C(OH)–C–C–N with tert-alkyl or cyclic N) is 1. The Hall–Kier alpha value is -3.42. The summed E-state index contributed by atoms with van der Waals surface area (Å²) in [6, 6.07) is 6.79. The van der Waals surface area contributed by atoms with Gasteiger partial charge in [-0.2, -0.15) is 13.2 Å². The highest BCUT2D eigenvalue weighted by atomic mass is 35.5. The summed E-state index contributed by atoms with van der Waals surface area (Å²) in [6.07, 6.45) is -5.46. The van der Waals surface area contributed by atoms with Gasteiger partial charge in [-0.3, -0.25) is 4.79 Å². The molecule has 4 rings (SSSR count). The second-order valence-corrected chi connectivity index (χ2v) is 11.2. The van der Waals surface area contributed by atoms with Crippen molar-refractivity contribution < 1.29 is 41.7 Å². The first-order chi connectivity index (χ1) is 20.1. The number of ether oxygens (including phenoxy) is 1. The van der Waals surface area contributed by atoms with E-state index in [1.165, 1.54) is 0 Å². The van der Waals surface area contributed by atoms with Crippen molar-refractivity contribution in [3.63, 3.8) is 0 Å². The number of carbonyl (C=O) groups is 1. The standard InChI is InChI=1S/C29H29ClF5N3O4S/c1-15(2)38-18(6-8-42-25-12-17(31)11-21(32)27(25)30)3-4-23(38)28(43)36-22-9-16(10-26(40)41)24(13-20(22)29(33,34)35)37-7-5-19(39)14-37/h3-4,9,11-13,15,19,39H,5-8,10,14H2,1-2H3,(H,36,43)(H,40,41)/t19-/m1/s1. The zero-order valence-corrected chi connectivity index (χ0v) is 24.7. The number of thiocarbonyl (C=S) groups is 1. The van der Waals surface area contributed by atoms with E-state index >= 15 is 0 Å². The van der Waals surface area contributed by atoms with Crippen LogP contribution >= 0.6 is 23.8 Å². The number of aromatic nitrogens is 1. The maximum Gasteiger partial charge on any atom is 0.418 e. The summed E-state index contributed by atoms with van der Waals surface area (Å²) in [7, 11) is 0. The van der Waals surface area contributed by atoms with Crippen LogP contribution < -0.4 is 15.0 Å². The van der Waals surface area contributed by atoms with Crippen molar-refractivity contribution in [1.29, 1.82) is 0 Å². The molecular formula is C29H29ClF5N3O4S. The Balaban J connectivity index is 1.62. The normalized spacial score (nSPS) is 15.3. The topological polar surface area (TPSA) is 87.0 Å². The summed E-state index contributed by atoms with van der Waals surface area (Å²) in [5.41, 5.74) is -0.113. The van der Waals surface area contributed by atoms with Crippen LogP contribution in [0.1, 0.15) is 48.8 Å². The lowest BCUT2D eigenvalue weighted by Crippen LogP contribution is -2.25. The van der Waals surface area contributed by atoms with Crippen molar-refractivity contribution in [3.8, 4) is 5.75 Å². The lowest BCUT2D eigenvalue weighted by molar-refractivity contribution is -0.137. The van der Waals surface area contributed by atoms with Gasteiger partial charge in [-0.25, -0.2) is 8.78 Å². The number of aliphatic hydroxyl groups is 1. The third-order valence-corrected chi connectivity index (χ3v) is 7.62. The Morgan fingerprint density at radius 1 is 1.21 bits per heavy atom. The average Bonchev–Trinajstić information content (AvgIpc) is 3.52. The molecular weight excluding hydrogens is 617 g/mol. The number of hydrogen-bond acceptors (Lipinski definition) is 5. The van der Waals surface area contributed by atoms with Crippen LogP contribution in [-0.2, 0) is 23.8 Å². The molecule has 14 heteroatoms. The molecule has 43 heavy (non-hydrogen) atoms. The highest BCUT2D eigenvalue weighted by Gasteiger charge is 2.36. The number of aliphatic hydroxyl groups excluding tert-OH is 1. The molecule has 232 valence electrons. The summed E-state index contributed by atoms with van der Waals surface area (Å²) in [5, 5.41) is 21.7. The molecule has 2 aromatic carbocycles. The summed E-state index contributed by atoms with van der Waals surface area (Å²) < 4.78 is 77.4. The number of benzene rings is 2. The van der Waals surface area contributed by atoms with E-state index < -0.39 is 47.6 Å². The van der Waals surface area contributed by atoms with Crippen molar-refractivity contribution in [3.05, 3.63) is 75.6 Å². The lowest BCUT2D eigenvalue weighted by Gasteiger charge is -2.25. The first-order valence-corrected chi connectivity index (χ1v) is 14.1. The highest BCUT2D eigenvalue weighted by Crippen LogP contribution is 2.40. The molecule has 1 saturated heterocycles. The molecule has 1 atom stereocenters. The minimum absolute atomic E-state index is 0.0115. The van der Waals surface area contributed by atoms with Crippen LogP contribution in [0.5, 0.6) is 5.75 Å². The van der Waals surface area contributed by atoms with Gasteiger partial charge in [0.2, 0.25) is 0 Å². The van der Waals surface area contributed by atoms with Crippen LogP contribution in [0.2, 0.25) is 5.02 Å². The molecule has 0 spiro atoms. The molecule has 0 saturated carbocycles. The van der Waals surface area contributed by atoms with E-state index in [1.807, 2.05) is 13.8 Å². The van der Waals surface area contributed by atoms with Crippen LogP contribution in [0.25, 0.3) is 0 Å². The molecule has 1 aliphatic heterocycles. The van der Waals surface area contributed by atoms with Crippen LogP contribution in [0.4, 0.5) is 33.3 Å². The zero-order chi connectivity index (χ0) is 31.6. The zero-order valence-electron chi connectivity index (χ0n) is 23.1. The largest absolute Gasteiger partial charge is 0.491 e. The Labute approximate surface area is 254 Å². The Morgan fingerprint density at radius 2 is 1.93 bits per heavy atom. The van der Waals surface area contributed by atoms with Gasteiger partial charge in [0.1, 0.15) is 27.4 Å². The third-order valence-electron chi connectivity index (χ3n) is 6.95. The van der Waals surface area contributed by atoms with Gasteiger partial charge in [-0.15, -0.1) is 0 Å². The van der Waals surface area contributed by atoms with Gasteiger partial charge in [0.05, 0.1) is 36.1 Å². The van der Waals surface area contributed by atoms with E-state index in [-0.39, 0.29) is 59.2 Å². The minimum atomic E-state index is -4.80. The van der Waals surface area contributed by atoms with Gasteiger partial charge in [0, 0.05) is 49.1 Å². The molecule has 1 aromatic heterocycles. The van der Waals surface area contributed by atoms with E-state index in [2.05, 4.69) is 5.32 Å². The number of hydrogen-bond donors (Lipinski definition) is 3. The quantitative estimate of drug-likeness (QED) is 0.130. The predicted octanol–water partition coefficient (Wildman–Crippen LogP) is 6.63. The number of nitrogens with zero attached hydrogens (tertiary/aromatic N) is 2. The van der Waals surface area contributed by atoms with Crippen LogP contribution in [0.3, 0.4) is 0 Å². The Morgan fingerprint density at radius 3 is 2.53 bits per heavy atom. The fourth-order valence-corrected chi connectivity index (χ4v) is 5.55. The van der Waals surface area contributed by atoms with Crippen molar-refractivity contribution in [2.24, 2.45) is 0 Å². The average molecular weight is 646 g/mol. The summed E-state index contributed by atoms with van der Waals surface area (Å²) in [4.78, 5) is 13.1. The fourth-order valence-electron chi connectivity index (χ4n) is 5.11. The highest BCUT2D eigenvalue weighted by molar-refractivity contribution is 7.81. The Bertz CT molecular complexity index is 1530. The van der Waals surface area contributed by atoms with Gasteiger partial charge in [-0.1, -0.05) is 23.8 Å². The number of nitrogens with one attached hydrogen (secondary N) is 1. The molecule has 0 bridgehead atoms. The van der Waals surface area contributed by atoms with E-state index in [0.717, 1.165) is 18.2 Å². The fraction of sp³-hybridized carbons (Fsp3) is 0.379. The first kappa shape index (κ1) is 32.5. The van der Waals surface area contributed by atoms with Crippen LogP contribution in [-0.4, -0.2) is 51.5 Å². The molecule has 2 heterocycles. The Kier molecular flexibility index (Phi) is 9.87. The molecule has 1 aliphatic rings. The van der Waals surface area contributed by atoms with Crippen molar-refractivity contribution in [1.82, 2.24) is 4.57 Å². The lowest BCUT2D eigenvalue weighted by atomic mass is 10.0. The number of rotatable bonds is 10. The maximum absolute atomic E-state index is 14.3. The number of carboxylic acids is 1. The predicted molar refractivity (Wildman–Crippen MR) is 156 cm³/mol. The summed E-state index contributed by atoms with van der Waals surface area (Å²) in [6.45, 7) is 4.05. The van der Waals surface area contributed by atoms with Gasteiger partial charge < -0.3 is 29.7 Å². The molecule has 1 fully saturated rings. The number of carboxylic acid groups (broad SMARTS) is 1. The number of halogens is 6. The molecule has 7 nitrogen and oxygen atoms in total. The molecule has 0 radical (unpaired) electrons.